The van der Waals surface area contributed by atoms with Crippen LogP contribution >= 0.6 is 28.1 Å². The number of hydrogen-bond acceptors (Lipinski definition) is 3. The summed E-state index contributed by atoms with van der Waals surface area (Å²) in [7, 11) is 0. The molecule has 102 valence electrons. The topological polar surface area (TPSA) is 53.8 Å². The first-order valence-corrected chi connectivity index (χ1v) is 6.19. The second-order valence-electron chi connectivity index (χ2n) is 3.60. The molecular formula is C10H7BrF3N3OS. The number of aromatic amines is 1. The zero-order valence-corrected chi connectivity index (χ0v) is 11.6. The highest BCUT2D eigenvalue weighted by Crippen LogP contribution is 2.36. The number of H-pyrrole nitrogens is 1. The highest BCUT2D eigenvalue weighted by molar-refractivity contribution is 9.10. The SMILES string of the molecule is OCc1n[nH]c(=S)n1-c1ccc(Br)cc1C(F)(F)F. The number of rotatable bonds is 2. The Kier molecular flexibility index (Phi) is 3.79. The van der Waals surface area contributed by atoms with Gasteiger partial charge in [0.25, 0.3) is 0 Å². The van der Waals surface area contributed by atoms with Crippen LogP contribution in [0.5, 0.6) is 0 Å². The van der Waals surface area contributed by atoms with Crippen LogP contribution in [0.15, 0.2) is 22.7 Å². The van der Waals surface area contributed by atoms with Crippen molar-refractivity contribution in [3.63, 3.8) is 0 Å². The summed E-state index contributed by atoms with van der Waals surface area (Å²) in [6.07, 6.45) is -4.54. The monoisotopic (exact) mass is 353 g/mol. The fourth-order valence-corrected chi connectivity index (χ4v) is 2.22. The molecule has 0 radical (unpaired) electrons. The molecule has 0 atom stereocenters. The van der Waals surface area contributed by atoms with Crippen molar-refractivity contribution in [3.8, 4) is 5.69 Å². The average molecular weight is 354 g/mol. The normalized spacial score (nSPS) is 11.8. The predicted octanol–water partition coefficient (Wildman–Crippen LogP) is 3.20. The molecular weight excluding hydrogens is 347 g/mol. The second kappa shape index (κ2) is 5.06. The van der Waals surface area contributed by atoms with Gasteiger partial charge in [-0.15, -0.1) is 0 Å². The Balaban J connectivity index is 2.76. The predicted molar refractivity (Wildman–Crippen MR) is 67.4 cm³/mol. The number of halogens is 4. The van der Waals surface area contributed by atoms with Crippen LogP contribution in [-0.2, 0) is 12.8 Å². The maximum Gasteiger partial charge on any atom is 0.418 e. The molecule has 0 amide bonds. The first kappa shape index (κ1) is 14.2. The summed E-state index contributed by atoms with van der Waals surface area (Å²) < 4.78 is 40.4. The van der Waals surface area contributed by atoms with E-state index in [-0.39, 0.29) is 16.3 Å². The summed E-state index contributed by atoms with van der Waals surface area (Å²) in [6, 6.07) is 3.67. The van der Waals surface area contributed by atoms with Gasteiger partial charge in [0.2, 0.25) is 0 Å². The number of nitrogens with zero attached hydrogens (tertiary/aromatic N) is 2. The fraction of sp³-hybridized carbons (Fsp3) is 0.200. The van der Waals surface area contributed by atoms with E-state index in [0.29, 0.717) is 4.47 Å². The summed E-state index contributed by atoms with van der Waals surface area (Å²) >= 11 is 7.89. The van der Waals surface area contributed by atoms with Crippen LogP contribution in [0.4, 0.5) is 13.2 Å². The van der Waals surface area contributed by atoms with E-state index < -0.39 is 18.3 Å². The summed E-state index contributed by atoms with van der Waals surface area (Å²) in [4.78, 5) is 0. The lowest BCUT2D eigenvalue weighted by molar-refractivity contribution is -0.137. The van der Waals surface area contributed by atoms with Crippen LogP contribution < -0.4 is 0 Å². The van der Waals surface area contributed by atoms with Gasteiger partial charge in [-0.25, -0.2) is 0 Å². The van der Waals surface area contributed by atoms with Crippen molar-refractivity contribution in [1.82, 2.24) is 14.8 Å². The number of benzene rings is 1. The van der Waals surface area contributed by atoms with E-state index in [1.54, 1.807) is 0 Å². The van der Waals surface area contributed by atoms with Gasteiger partial charge in [-0.05, 0) is 30.4 Å². The first-order chi connectivity index (χ1) is 8.84. The van der Waals surface area contributed by atoms with E-state index >= 15 is 0 Å². The number of nitrogens with one attached hydrogen (secondary N) is 1. The summed E-state index contributed by atoms with van der Waals surface area (Å²) in [5, 5.41) is 15.1. The lowest BCUT2D eigenvalue weighted by Gasteiger charge is -2.14. The van der Waals surface area contributed by atoms with Crippen molar-refractivity contribution in [2.45, 2.75) is 12.8 Å². The molecule has 0 bridgehead atoms. The third-order valence-electron chi connectivity index (χ3n) is 2.39. The molecule has 0 unspecified atom stereocenters. The molecule has 0 fully saturated rings. The van der Waals surface area contributed by atoms with E-state index in [4.69, 9.17) is 17.3 Å². The van der Waals surface area contributed by atoms with Crippen LogP contribution in [0.25, 0.3) is 5.69 Å². The van der Waals surface area contributed by atoms with E-state index in [9.17, 15) is 13.2 Å². The van der Waals surface area contributed by atoms with Crippen molar-refractivity contribution < 1.29 is 18.3 Å². The Morgan fingerprint density at radius 2 is 2.11 bits per heavy atom. The summed E-state index contributed by atoms with van der Waals surface area (Å²) in [6.45, 7) is -0.527. The molecule has 19 heavy (non-hydrogen) atoms. The molecule has 1 aromatic carbocycles. The fourth-order valence-electron chi connectivity index (χ4n) is 1.61. The molecule has 0 saturated carbocycles. The largest absolute Gasteiger partial charge is 0.418 e. The van der Waals surface area contributed by atoms with Crippen LogP contribution in [-0.4, -0.2) is 19.9 Å². The minimum Gasteiger partial charge on any atom is -0.388 e. The second-order valence-corrected chi connectivity index (χ2v) is 4.90. The molecule has 0 spiro atoms. The zero-order valence-electron chi connectivity index (χ0n) is 9.20. The molecule has 2 aromatic rings. The van der Waals surface area contributed by atoms with Crippen molar-refractivity contribution in [3.05, 3.63) is 38.8 Å². The number of alkyl halides is 3. The van der Waals surface area contributed by atoms with Gasteiger partial charge < -0.3 is 5.11 Å². The summed E-state index contributed by atoms with van der Waals surface area (Å²) in [5.74, 6) is 0.0119. The van der Waals surface area contributed by atoms with Gasteiger partial charge in [0, 0.05) is 4.47 Å². The lowest BCUT2D eigenvalue weighted by atomic mass is 10.1. The van der Waals surface area contributed by atoms with Gasteiger partial charge in [-0.1, -0.05) is 15.9 Å². The van der Waals surface area contributed by atoms with Gasteiger partial charge in [-0.3, -0.25) is 9.67 Å². The lowest BCUT2D eigenvalue weighted by Crippen LogP contribution is -2.12. The third-order valence-corrected chi connectivity index (χ3v) is 3.16. The van der Waals surface area contributed by atoms with Crippen molar-refractivity contribution in [2.24, 2.45) is 0 Å². The van der Waals surface area contributed by atoms with E-state index in [2.05, 4.69) is 26.1 Å². The van der Waals surface area contributed by atoms with Crippen molar-refractivity contribution in [1.29, 1.82) is 0 Å². The number of aliphatic hydroxyl groups excluding tert-OH is 1. The molecule has 2 N–H and O–H groups in total. The molecule has 1 aromatic heterocycles. The smallest absolute Gasteiger partial charge is 0.388 e. The van der Waals surface area contributed by atoms with Crippen LogP contribution in [0, 0.1) is 4.77 Å². The maximum absolute atomic E-state index is 13.0. The molecule has 0 aliphatic heterocycles. The highest BCUT2D eigenvalue weighted by Gasteiger charge is 2.34. The first-order valence-electron chi connectivity index (χ1n) is 4.99. The van der Waals surface area contributed by atoms with Crippen molar-refractivity contribution >= 4 is 28.1 Å². The average Bonchev–Trinajstić information content (AvgIpc) is 2.69. The Morgan fingerprint density at radius 3 is 2.68 bits per heavy atom. The van der Waals surface area contributed by atoms with Gasteiger partial charge in [0.05, 0.1) is 11.3 Å². The standard InChI is InChI=1S/C10H7BrF3N3OS/c11-5-1-2-7(6(3-5)10(12,13)14)17-8(4-18)15-16-9(17)19/h1-3,18H,4H2,(H,16,19). The zero-order chi connectivity index (χ0) is 14.2. The molecule has 2 rings (SSSR count). The van der Waals surface area contributed by atoms with Gasteiger partial charge in [0.1, 0.15) is 6.61 Å². The van der Waals surface area contributed by atoms with E-state index in [1.165, 1.54) is 12.1 Å². The quantitative estimate of drug-likeness (QED) is 0.815. The van der Waals surface area contributed by atoms with E-state index in [0.717, 1.165) is 10.6 Å². The minimum atomic E-state index is -4.54. The molecule has 0 saturated heterocycles. The molecule has 9 heteroatoms. The Hall–Kier alpha value is -1.19. The Labute approximate surface area is 119 Å². The number of aliphatic hydroxyl groups is 1. The third kappa shape index (κ3) is 2.72. The van der Waals surface area contributed by atoms with Gasteiger partial charge >= 0.3 is 6.18 Å². The summed E-state index contributed by atoms with van der Waals surface area (Å²) in [5.41, 5.74) is -1.05. The maximum atomic E-state index is 13.0. The molecule has 0 aliphatic rings. The van der Waals surface area contributed by atoms with Gasteiger partial charge in [0.15, 0.2) is 10.6 Å². The van der Waals surface area contributed by atoms with Crippen LogP contribution in [0.3, 0.4) is 0 Å². The molecule has 0 aliphatic carbocycles. The van der Waals surface area contributed by atoms with Crippen LogP contribution in [0.2, 0.25) is 0 Å². The minimum absolute atomic E-state index is 0.0119. The molecule has 4 nitrogen and oxygen atoms in total. The van der Waals surface area contributed by atoms with Gasteiger partial charge in [-0.2, -0.15) is 18.3 Å². The Bertz CT molecular complexity index is 665. The number of aromatic nitrogens is 3. The molecule has 1 heterocycles. The van der Waals surface area contributed by atoms with Crippen LogP contribution in [0.1, 0.15) is 11.4 Å². The van der Waals surface area contributed by atoms with Crippen molar-refractivity contribution in [2.75, 3.05) is 0 Å². The Morgan fingerprint density at radius 1 is 1.42 bits per heavy atom. The van der Waals surface area contributed by atoms with E-state index in [1.807, 2.05) is 0 Å². The number of hydrogen-bond donors (Lipinski definition) is 2. The highest BCUT2D eigenvalue weighted by atomic mass is 79.9.